The van der Waals surface area contributed by atoms with Crippen LogP contribution in [-0.4, -0.2) is 16.6 Å². The monoisotopic (exact) mass is 298 g/mol. The van der Waals surface area contributed by atoms with E-state index in [1.54, 1.807) is 24.3 Å². The summed E-state index contributed by atoms with van der Waals surface area (Å²) in [5.41, 5.74) is 1.42. The number of carbonyl (C=O) groups excluding carboxylic acids is 2. The van der Waals surface area contributed by atoms with Crippen LogP contribution in [0.2, 0.25) is 0 Å². The molecule has 0 heterocycles. The Bertz CT molecular complexity index is 403. The molecule has 1 unspecified atom stereocenters. The van der Waals surface area contributed by atoms with Crippen molar-refractivity contribution >= 4 is 39.1 Å². The van der Waals surface area contributed by atoms with Gasteiger partial charge in [0, 0.05) is 18.3 Å². The van der Waals surface area contributed by atoms with Gasteiger partial charge in [0.1, 0.15) is 0 Å². The molecule has 5 heteroatoms. The van der Waals surface area contributed by atoms with Gasteiger partial charge in [-0.25, -0.2) is 0 Å². The predicted molar refractivity (Wildman–Crippen MR) is 72.4 cm³/mol. The van der Waals surface area contributed by atoms with Crippen molar-refractivity contribution in [3.05, 3.63) is 24.3 Å². The number of nitrogens with one attached hydrogen (secondary N) is 2. The predicted octanol–water partition coefficient (Wildman–Crippen LogP) is 2.76. The quantitative estimate of drug-likeness (QED) is 0.840. The minimum atomic E-state index is -0.183. The minimum Gasteiger partial charge on any atom is -0.326 e. The van der Waals surface area contributed by atoms with E-state index in [-0.39, 0.29) is 16.6 Å². The SMILES string of the molecule is CCC(Br)C(=O)Nc1ccc(NC(C)=O)cc1. The molecule has 1 rings (SSSR count). The molecule has 4 nitrogen and oxygen atoms in total. The maximum absolute atomic E-state index is 11.6. The van der Waals surface area contributed by atoms with Crippen LogP contribution in [0.3, 0.4) is 0 Å². The smallest absolute Gasteiger partial charge is 0.238 e. The van der Waals surface area contributed by atoms with Gasteiger partial charge in [0.2, 0.25) is 11.8 Å². The number of carbonyl (C=O) groups is 2. The Kier molecular flexibility index (Phi) is 5.15. The van der Waals surface area contributed by atoms with Crippen LogP contribution in [0.4, 0.5) is 11.4 Å². The van der Waals surface area contributed by atoms with Crippen LogP contribution in [0.1, 0.15) is 20.3 Å². The summed E-state index contributed by atoms with van der Waals surface area (Å²) in [7, 11) is 0. The Labute approximate surface area is 109 Å². The fourth-order valence-corrected chi connectivity index (χ4v) is 1.36. The molecule has 0 spiro atoms. The molecule has 0 bridgehead atoms. The number of benzene rings is 1. The maximum Gasteiger partial charge on any atom is 0.238 e. The summed E-state index contributed by atoms with van der Waals surface area (Å²) < 4.78 is 0. The highest BCUT2D eigenvalue weighted by atomic mass is 79.9. The van der Waals surface area contributed by atoms with Crippen LogP contribution in [0.5, 0.6) is 0 Å². The van der Waals surface area contributed by atoms with E-state index in [9.17, 15) is 9.59 Å². The Balaban J connectivity index is 2.62. The third-order valence-corrected chi connectivity index (χ3v) is 3.18. The molecule has 1 aromatic rings. The molecule has 0 saturated carbocycles. The second kappa shape index (κ2) is 6.39. The average molecular weight is 299 g/mol. The average Bonchev–Trinajstić information content (AvgIpc) is 2.30. The zero-order valence-electron chi connectivity index (χ0n) is 9.79. The summed E-state index contributed by atoms with van der Waals surface area (Å²) in [5, 5.41) is 5.43. The first kappa shape index (κ1) is 13.7. The lowest BCUT2D eigenvalue weighted by atomic mass is 10.2. The highest BCUT2D eigenvalue weighted by Crippen LogP contribution is 2.15. The number of alkyl halides is 1. The summed E-state index contributed by atoms with van der Waals surface area (Å²) in [6, 6.07) is 6.98. The summed E-state index contributed by atoms with van der Waals surface area (Å²) in [5.74, 6) is -0.187. The molecule has 1 atom stereocenters. The van der Waals surface area contributed by atoms with Crippen LogP contribution < -0.4 is 10.6 Å². The van der Waals surface area contributed by atoms with Gasteiger partial charge < -0.3 is 10.6 Å². The van der Waals surface area contributed by atoms with E-state index in [4.69, 9.17) is 0 Å². The van der Waals surface area contributed by atoms with Crippen molar-refractivity contribution in [3.63, 3.8) is 0 Å². The van der Waals surface area contributed by atoms with E-state index in [0.29, 0.717) is 11.4 Å². The summed E-state index contributed by atoms with van der Waals surface area (Å²) >= 11 is 3.28. The molecular formula is C12H15BrN2O2. The van der Waals surface area contributed by atoms with E-state index in [0.717, 1.165) is 6.42 Å². The molecule has 2 N–H and O–H groups in total. The first-order valence-electron chi connectivity index (χ1n) is 5.35. The fourth-order valence-electron chi connectivity index (χ4n) is 1.25. The van der Waals surface area contributed by atoms with Crippen molar-refractivity contribution in [1.82, 2.24) is 0 Å². The lowest BCUT2D eigenvalue weighted by Crippen LogP contribution is -2.21. The van der Waals surface area contributed by atoms with Gasteiger partial charge in [-0.2, -0.15) is 0 Å². The van der Waals surface area contributed by atoms with Gasteiger partial charge in [0.15, 0.2) is 0 Å². The number of anilines is 2. The van der Waals surface area contributed by atoms with E-state index in [1.165, 1.54) is 6.92 Å². The van der Waals surface area contributed by atoms with Crippen LogP contribution in [0.15, 0.2) is 24.3 Å². The van der Waals surface area contributed by atoms with Crippen LogP contribution in [0.25, 0.3) is 0 Å². The van der Waals surface area contributed by atoms with Crippen molar-refractivity contribution in [2.75, 3.05) is 10.6 Å². The zero-order chi connectivity index (χ0) is 12.8. The molecule has 0 radical (unpaired) electrons. The second-order valence-corrected chi connectivity index (χ2v) is 4.73. The molecule has 0 aliphatic rings. The van der Waals surface area contributed by atoms with Gasteiger partial charge in [-0.3, -0.25) is 9.59 Å². The van der Waals surface area contributed by atoms with Gasteiger partial charge in [-0.15, -0.1) is 0 Å². The first-order chi connectivity index (χ1) is 8.02. The molecule has 0 saturated heterocycles. The van der Waals surface area contributed by atoms with Crippen molar-refractivity contribution in [3.8, 4) is 0 Å². The van der Waals surface area contributed by atoms with Gasteiger partial charge in [0.05, 0.1) is 4.83 Å². The molecule has 0 aromatic heterocycles. The number of rotatable bonds is 4. The largest absolute Gasteiger partial charge is 0.326 e. The molecule has 1 aromatic carbocycles. The van der Waals surface area contributed by atoms with Gasteiger partial charge in [-0.05, 0) is 30.7 Å². The van der Waals surface area contributed by atoms with Gasteiger partial charge in [0.25, 0.3) is 0 Å². The summed E-state index contributed by atoms with van der Waals surface area (Å²) in [6.07, 6.45) is 0.732. The van der Waals surface area contributed by atoms with E-state index in [1.807, 2.05) is 6.92 Å². The Morgan fingerprint density at radius 1 is 1.18 bits per heavy atom. The third kappa shape index (κ3) is 4.56. The summed E-state index contributed by atoms with van der Waals surface area (Å²) in [6.45, 7) is 3.38. The van der Waals surface area contributed by atoms with Gasteiger partial charge in [-0.1, -0.05) is 22.9 Å². The van der Waals surface area contributed by atoms with Gasteiger partial charge >= 0.3 is 0 Å². The van der Waals surface area contributed by atoms with Crippen LogP contribution in [0, 0.1) is 0 Å². The lowest BCUT2D eigenvalue weighted by Gasteiger charge is -2.09. The first-order valence-corrected chi connectivity index (χ1v) is 6.27. The van der Waals surface area contributed by atoms with E-state index in [2.05, 4.69) is 26.6 Å². The Morgan fingerprint density at radius 3 is 2.06 bits per heavy atom. The Hall–Kier alpha value is -1.36. The molecule has 92 valence electrons. The highest BCUT2D eigenvalue weighted by molar-refractivity contribution is 9.10. The molecular weight excluding hydrogens is 284 g/mol. The van der Waals surface area contributed by atoms with Crippen molar-refractivity contribution in [2.24, 2.45) is 0 Å². The maximum atomic E-state index is 11.6. The second-order valence-electron chi connectivity index (χ2n) is 3.62. The van der Waals surface area contributed by atoms with E-state index >= 15 is 0 Å². The number of amides is 2. The van der Waals surface area contributed by atoms with Crippen LogP contribution in [-0.2, 0) is 9.59 Å². The van der Waals surface area contributed by atoms with Crippen molar-refractivity contribution in [1.29, 1.82) is 0 Å². The third-order valence-electron chi connectivity index (χ3n) is 2.12. The highest BCUT2D eigenvalue weighted by Gasteiger charge is 2.11. The van der Waals surface area contributed by atoms with E-state index < -0.39 is 0 Å². The molecule has 0 aliphatic carbocycles. The summed E-state index contributed by atoms with van der Waals surface area (Å²) in [4.78, 5) is 22.2. The topological polar surface area (TPSA) is 58.2 Å². The van der Waals surface area contributed by atoms with Crippen LogP contribution >= 0.6 is 15.9 Å². The van der Waals surface area contributed by atoms with Crippen molar-refractivity contribution in [2.45, 2.75) is 25.1 Å². The number of halogens is 1. The number of hydrogen-bond donors (Lipinski definition) is 2. The van der Waals surface area contributed by atoms with Crippen molar-refractivity contribution < 1.29 is 9.59 Å². The molecule has 2 amide bonds. The molecule has 17 heavy (non-hydrogen) atoms. The standard InChI is InChI=1S/C12H15BrN2O2/c1-3-11(13)12(17)15-10-6-4-9(5-7-10)14-8(2)16/h4-7,11H,3H2,1-2H3,(H,14,16)(H,15,17). The fraction of sp³-hybridized carbons (Fsp3) is 0.333. The molecule has 0 fully saturated rings. The minimum absolute atomic E-state index is 0.0697. The zero-order valence-corrected chi connectivity index (χ0v) is 11.4. The Morgan fingerprint density at radius 2 is 1.65 bits per heavy atom. The number of hydrogen-bond acceptors (Lipinski definition) is 2. The molecule has 0 aliphatic heterocycles. The normalized spacial score (nSPS) is 11.7. The lowest BCUT2D eigenvalue weighted by molar-refractivity contribution is -0.116.